The number of aryl methyl sites for hydroxylation is 1. The SMILES string of the molecule is Cc1cc(C(F)(F)F)nn1-c1[c]con1. The van der Waals surface area contributed by atoms with Crippen LogP contribution < -0.4 is 0 Å². The Morgan fingerprint density at radius 2 is 2.20 bits per heavy atom. The van der Waals surface area contributed by atoms with Crippen LogP contribution in [-0.4, -0.2) is 14.9 Å². The maximum Gasteiger partial charge on any atom is 0.435 e. The van der Waals surface area contributed by atoms with Gasteiger partial charge in [-0.2, -0.15) is 18.3 Å². The lowest BCUT2D eigenvalue weighted by atomic mass is 10.4. The molecule has 0 unspecified atom stereocenters. The normalized spacial score (nSPS) is 12.0. The molecule has 0 fully saturated rings. The highest BCUT2D eigenvalue weighted by molar-refractivity contribution is 5.23. The van der Waals surface area contributed by atoms with Gasteiger partial charge in [-0.3, -0.25) is 0 Å². The molecule has 0 aliphatic heterocycles. The van der Waals surface area contributed by atoms with E-state index in [0.717, 1.165) is 17.0 Å². The van der Waals surface area contributed by atoms with Crippen molar-refractivity contribution in [3.8, 4) is 5.82 Å². The van der Waals surface area contributed by atoms with E-state index in [0.29, 0.717) is 5.69 Å². The van der Waals surface area contributed by atoms with E-state index in [1.165, 1.54) is 6.92 Å². The second kappa shape index (κ2) is 3.11. The minimum atomic E-state index is -4.46. The Morgan fingerprint density at radius 3 is 2.67 bits per heavy atom. The fourth-order valence-corrected chi connectivity index (χ4v) is 1.11. The lowest BCUT2D eigenvalue weighted by Gasteiger charge is -2.00. The van der Waals surface area contributed by atoms with Gasteiger partial charge in [-0.15, -0.1) is 0 Å². The zero-order valence-electron chi connectivity index (χ0n) is 7.54. The molecular formula is C8H5F3N3O. The molecule has 2 heterocycles. The van der Waals surface area contributed by atoms with Crippen LogP contribution in [0.2, 0.25) is 0 Å². The maximum absolute atomic E-state index is 12.3. The van der Waals surface area contributed by atoms with Crippen molar-refractivity contribution in [3.05, 3.63) is 29.8 Å². The van der Waals surface area contributed by atoms with E-state index in [4.69, 9.17) is 0 Å². The molecule has 0 amide bonds. The zero-order valence-corrected chi connectivity index (χ0v) is 7.54. The highest BCUT2D eigenvalue weighted by Gasteiger charge is 2.34. The average Bonchev–Trinajstić information content (AvgIpc) is 2.69. The van der Waals surface area contributed by atoms with Crippen LogP contribution in [0.5, 0.6) is 0 Å². The van der Waals surface area contributed by atoms with E-state index in [-0.39, 0.29) is 5.82 Å². The smallest absolute Gasteiger partial charge is 0.362 e. The fourth-order valence-electron chi connectivity index (χ4n) is 1.11. The Kier molecular flexibility index (Phi) is 2.02. The summed E-state index contributed by atoms with van der Waals surface area (Å²) in [6.07, 6.45) is -3.32. The molecule has 4 nitrogen and oxygen atoms in total. The lowest BCUT2D eigenvalue weighted by molar-refractivity contribution is -0.141. The Hall–Kier alpha value is -1.79. The molecule has 0 spiro atoms. The summed E-state index contributed by atoms with van der Waals surface area (Å²) < 4.78 is 42.4. The van der Waals surface area contributed by atoms with Crippen molar-refractivity contribution < 1.29 is 17.7 Å². The molecule has 2 aromatic rings. The second-order valence-corrected chi connectivity index (χ2v) is 2.86. The summed E-state index contributed by atoms with van der Waals surface area (Å²) in [6.45, 7) is 1.49. The Morgan fingerprint density at radius 1 is 1.47 bits per heavy atom. The van der Waals surface area contributed by atoms with Gasteiger partial charge in [0.1, 0.15) is 6.26 Å². The first-order valence-electron chi connectivity index (χ1n) is 3.95. The zero-order chi connectivity index (χ0) is 11.1. The van der Waals surface area contributed by atoms with Crippen LogP contribution in [0.15, 0.2) is 16.9 Å². The van der Waals surface area contributed by atoms with Gasteiger partial charge in [0, 0.05) is 5.69 Å². The van der Waals surface area contributed by atoms with Crippen LogP contribution >= 0.6 is 0 Å². The van der Waals surface area contributed by atoms with Gasteiger partial charge >= 0.3 is 6.18 Å². The van der Waals surface area contributed by atoms with E-state index in [1.807, 2.05) is 0 Å². The van der Waals surface area contributed by atoms with Gasteiger partial charge in [0.25, 0.3) is 0 Å². The van der Waals surface area contributed by atoms with E-state index in [1.54, 1.807) is 0 Å². The molecule has 1 radical (unpaired) electrons. The summed E-state index contributed by atoms with van der Waals surface area (Å²) in [5.74, 6) is 0.100. The van der Waals surface area contributed by atoms with Crippen LogP contribution in [0, 0.1) is 13.0 Å². The van der Waals surface area contributed by atoms with Crippen LogP contribution in [0.3, 0.4) is 0 Å². The third kappa shape index (κ3) is 1.72. The lowest BCUT2D eigenvalue weighted by Crippen LogP contribution is -2.07. The molecule has 0 aliphatic carbocycles. The van der Waals surface area contributed by atoms with E-state index >= 15 is 0 Å². The molecule has 0 N–H and O–H groups in total. The van der Waals surface area contributed by atoms with Gasteiger partial charge < -0.3 is 4.52 Å². The van der Waals surface area contributed by atoms with Crippen molar-refractivity contribution in [2.45, 2.75) is 13.1 Å². The van der Waals surface area contributed by atoms with Gasteiger partial charge in [0.05, 0.1) is 6.07 Å². The first-order chi connectivity index (χ1) is 6.98. The number of hydrogen-bond donors (Lipinski definition) is 0. The van der Waals surface area contributed by atoms with Crippen molar-refractivity contribution in [3.63, 3.8) is 0 Å². The summed E-state index contributed by atoms with van der Waals surface area (Å²) in [5, 5.41) is 6.81. The minimum absolute atomic E-state index is 0.100. The summed E-state index contributed by atoms with van der Waals surface area (Å²) in [7, 11) is 0. The molecule has 0 saturated carbocycles. The molecule has 0 saturated heterocycles. The predicted octanol–water partition coefficient (Wildman–Crippen LogP) is 1.99. The van der Waals surface area contributed by atoms with Gasteiger partial charge in [-0.25, -0.2) is 4.68 Å². The molecular weight excluding hydrogens is 211 g/mol. The largest absolute Gasteiger partial charge is 0.435 e. The van der Waals surface area contributed by atoms with Crippen molar-refractivity contribution >= 4 is 0 Å². The van der Waals surface area contributed by atoms with Crippen molar-refractivity contribution in [2.75, 3.05) is 0 Å². The van der Waals surface area contributed by atoms with E-state index in [9.17, 15) is 13.2 Å². The number of halogens is 3. The number of aromatic nitrogens is 3. The molecule has 7 heteroatoms. The predicted molar refractivity (Wildman–Crippen MR) is 42.2 cm³/mol. The highest BCUT2D eigenvalue weighted by Crippen LogP contribution is 2.28. The molecule has 2 aromatic heterocycles. The average molecular weight is 216 g/mol. The topological polar surface area (TPSA) is 43.9 Å². The number of nitrogens with zero attached hydrogens (tertiary/aromatic N) is 3. The molecule has 0 bridgehead atoms. The van der Waals surface area contributed by atoms with Gasteiger partial charge in [-0.05, 0) is 13.0 Å². The molecule has 2 rings (SSSR count). The quantitative estimate of drug-likeness (QED) is 0.732. The van der Waals surface area contributed by atoms with Crippen molar-refractivity contribution in [1.82, 2.24) is 14.9 Å². The molecule has 79 valence electrons. The molecule has 0 aromatic carbocycles. The summed E-state index contributed by atoms with van der Waals surface area (Å²) >= 11 is 0. The fraction of sp³-hybridized carbons (Fsp3) is 0.250. The highest BCUT2D eigenvalue weighted by atomic mass is 19.4. The molecule has 0 aliphatic rings. The van der Waals surface area contributed by atoms with Crippen molar-refractivity contribution in [1.29, 1.82) is 0 Å². The Bertz CT molecular complexity index is 458. The van der Waals surface area contributed by atoms with Gasteiger partial charge in [-0.1, -0.05) is 5.16 Å². The maximum atomic E-state index is 12.3. The third-order valence-electron chi connectivity index (χ3n) is 1.76. The first-order valence-corrected chi connectivity index (χ1v) is 3.95. The summed E-state index contributed by atoms with van der Waals surface area (Å²) in [4.78, 5) is 0. The Balaban J connectivity index is 2.47. The Labute approximate surface area is 82.3 Å². The van der Waals surface area contributed by atoms with E-state index in [2.05, 4.69) is 20.8 Å². The van der Waals surface area contributed by atoms with Gasteiger partial charge in [0.2, 0.25) is 5.82 Å². The summed E-state index contributed by atoms with van der Waals surface area (Å²) in [5.41, 5.74) is -0.649. The molecule has 15 heavy (non-hydrogen) atoms. The van der Waals surface area contributed by atoms with Crippen molar-refractivity contribution in [2.24, 2.45) is 0 Å². The van der Waals surface area contributed by atoms with E-state index < -0.39 is 11.9 Å². The summed E-state index contributed by atoms with van der Waals surface area (Å²) in [6, 6.07) is 3.45. The first kappa shape index (κ1) is 9.75. The monoisotopic (exact) mass is 216 g/mol. The van der Waals surface area contributed by atoms with Crippen LogP contribution in [-0.2, 0) is 6.18 Å². The number of rotatable bonds is 1. The molecule has 0 atom stereocenters. The van der Waals surface area contributed by atoms with Gasteiger partial charge in [0.15, 0.2) is 5.69 Å². The second-order valence-electron chi connectivity index (χ2n) is 2.86. The minimum Gasteiger partial charge on any atom is -0.362 e. The van der Waals surface area contributed by atoms with Crippen LogP contribution in [0.1, 0.15) is 11.4 Å². The third-order valence-corrected chi connectivity index (χ3v) is 1.76. The standard InChI is InChI=1S/C8H5F3N3O/c1-5-4-6(8(9,10)11)12-14(5)7-2-3-15-13-7/h3-4H,1H3. The van der Waals surface area contributed by atoms with Crippen LogP contribution in [0.25, 0.3) is 5.82 Å². The number of alkyl halides is 3. The van der Waals surface area contributed by atoms with Crippen LogP contribution in [0.4, 0.5) is 13.2 Å². The number of hydrogen-bond acceptors (Lipinski definition) is 3.